The zero-order valence-corrected chi connectivity index (χ0v) is 10.8. The molecule has 0 unspecified atom stereocenters. The summed E-state index contributed by atoms with van der Waals surface area (Å²) in [4.78, 5) is 8.85. The number of nitrogens with one attached hydrogen (secondary N) is 1. The van der Waals surface area contributed by atoms with Gasteiger partial charge in [-0.05, 0) is 13.0 Å². The minimum atomic E-state index is 0.393. The molecule has 2 aromatic rings. The van der Waals surface area contributed by atoms with Crippen LogP contribution in [-0.2, 0) is 18.4 Å². The van der Waals surface area contributed by atoms with Crippen molar-refractivity contribution in [1.29, 1.82) is 0 Å². The van der Waals surface area contributed by atoms with Gasteiger partial charge < -0.3 is 10.1 Å². The average Bonchev–Trinajstić information content (AvgIpc) is 2.76. The van der Waals surface area contributed by atoms with Crippen molar-refractivity contribution in [3.05, 3.63) is 24.2 Å². The summed E-state index contributed by atoms with van der Waals surface area (Å²) in [5.74, 6) is 1.46. The molecule has 2 rings (SSSR count). The van der Waals surface area contributed by atoms with E-state index in [2.05, 4.69) is 20.4 Å². The van der Waals surface area contributed by atoms with Crippen LogP contribution < -0.4 is 5.32 Å². The van der Waals surface area contributed by atoms with Gasteiger partial charge in [-0.25, -0.2) is 9.97 Å². The molecule has 0 saturated heterocycles. The van der Waals surface area contributed by atoms with E-state index in [4.69, 9.17) is 4.74 Å². The minimum absolute atomic E-state index is 0.393. The van der Waals surface area contributed by atoms with Crippen LogP contribution in [0.25, 0.3) is 11.4 Å². The maximum atomic E-state index is 5.09. The summed E-state index contributed by atoms with van der Waals surface area (Å²) < 4.78 is 6.87. The lowest BCUT2D eigenvalue weighted by atomic mass is 10.3. The molecular formula is C12H17N5O. The molecule has 0 radical (unpaired) electrons. The lowest BCUT2D eigenvalue weighted by Gasteiger charge is -2.08. The van der Waals surface area contributed by atoms with Crippen LogP contribution in [0.4, 0.5) is 5.82 Å². The molecule has 18 heavy (non-hydrogen) atoms. The molecule has 0 aliphatic heterocycles. The third kappa shape index (κ3) is 2.65. The van der Waals surface area contributed by atoms with Crippen LogP contribution in [0.15, 0.2) is 18.3 Å². The Morgan fingerprint density at radius 2 is 2.22 bits per heavy atom. The largest absolute Gasteiger partial charge is 0.377 e. The Hall–Kier alpha value is -1.95. The minimum Gasteiger partial charge on any atom is -0.377 e. The maximum Gasteiger partial charge on any atom is 0.157 e. The van der Waals surface area contributed by atoms with Crippen molar-refractivity contribution in [2.75, 3.05) is 19.0 Å². The van der Waals surface area contributed by atoms with Gasteiger partial charge in [0.25, 0.3) is 0 Å². The Morgan fingerprint density at radius 3 is 2.83 bits per heavy atom. The molecule has 96 valence electrons. The molecule has 6 heteroatoms. The number of nitrogens with zero attached hydrogens (tertiary/aromatic N) is 4. The van der Waals surface area contributed by atoms with E-state index in [1.807, 2.05) is 26.1 Å². The first-order chi connectivity index (χ1) is 8.74. The summed E-state index contributed by atoms with van der Waals surface area (Å²) >= 11 is 0. The summed E-state index contributed by atoms with van der Waals surface area (Å²) in [5.41, 5.74) is 1.79. The fraction of sp³-hybridized carbons (Fsp3) is 0.417. The van der Waals surface area contributed by atoms with E-state index < -0.39 is 0 Å². The summed E-state index contributed by atoms with van der Waals surface area (Å²) in [5, 5.41) is 7.34. The molecule has 2 heterocycles. The van der Waals surface area contributed by atoms with Crippen molar-refractivity contribution in [3.63, 3.8) is 0 Å². The van der Waals surface area contributed by atoms with Gasteiger partial charge in [-0.3, -0.25) is 4.68 Å². The van der Waals surface area contributed by atoms with E-state index in [9.17, 15) is 0 Å². The van der Waals surface area contributed by atoms with Crippen molar-refractivity contribution in [3.8, 4) is 11.4 Å². The maximum absolute atomic E-state index is 5.09. The molecule has 0 atom stereocenters. The number of methoxy groups -OCH3 is 1. The van der Waals surface area contributed by atoms with Crippen LogP contribution in [0.1, 0.15) is 12.7 Å². The molecular weight excluding hydrogens is 230 g/mol. The Morgan fingerprint density at radius 1 is 1.39 bits per heavy atom. The normalized spacial score (nSPS) is 10.6. The molecule has 0 fully saturated rings. The van der Waals surface area contributed by atoms with E-state index >= 15 is 0 Å². The smallest absolute Gasteiger partial charge is 0.157 e. The van der Waals surface area contributed by atoms with Crippen LogP contribution >= 0.6 is 0 Å². The fourth-order valence-corrected chi connectivity index (χ4v) is 1.72. The second-order valence-corrected chi connectivity index (χ2v) is 3.86. The highest BCUT2D eigenvalue weighted by molar-refractivity contribution is 5.58. The monoisotopic (exact) mass is 247 g/mol. The quantitative estimate of drug-likeness (QED) is 0.866. The number of hydrogen-bond donors (Lipinski definition) is 1. The number of hydrogen-bond acceptors (Lipinski definition) is 5. The lowest BCUT2D eigenvalue weighted by molar-refractivity contribution is 0.178. The molecule has 6 nitrogen and oxygen atoms in total. The topological polar surface area (TPSA) is 64.9 Å². The van der Waals surface area contributed by atoms with Crippen LogP contribution in [0.3, 0.4) is 0 Å². The Bertz CT molecular complexity index is 499. The van der Waals surface area contributed by atoms with Gasteiger partial charge in [0, 0.05) is 33.0 Å². The lowest BCUT2D eigenvalue weighted by Crippen LogP contribution is -2.06. The summed E-state index contributed by atoms with van der Waals surface area (Å²) in [7, 11) is 3.52. The van der Waals surface area contributed by atoms with E-state index in [1.165, 1.54) is 0 Å². The summed E-state index contributed by atoms with van der Waals surface area (Å²) in [6.07, 6.45) is 1.75. The van der Waals surface area contributed by atoms with Gasteiger partial charge in [-0.1, -0.05) is 0 Å². The molecule has 0 aromatic carbocycles. The Kier molecular flexibility index (Phi) is 3.88. The zero-order valence-electron chi connectivity index (χ0n) is 10.8. The molecule has 0 amide bonds. The highest BCUT2D eigenvalue weighted by Crippen LogP contribution is 2.19. The molecule has 0 aliphatic carbocycles. The van der Waals surface area contributed by atoms with Gasteiger partial charge in [0.05, 0.1) is 11.4 Å². The van der Waals surface area contributed by atoms with Crippen molar-refractivity contribution in [2.24, 2.45) is 7.05 Å². The highest BCUT2D eigenvalue weighted by atomic mass is 16.5. The van der Waals surface area contributed by atoms with Crippen molar-refractivity contribution >= 4 is 5.82 Å². The SMILES string of the molecule is CCNc1cc(-c2ccnn2C)nc(COC)n1. The predicted octanol–water partition coefficient (Wildman–Crippen LogP) is 1.46. The summed E-state index contributed by atoms with van der Waals surface area (Å²) in [6.45, 7) is 3.24. The third-order valence-electron chi connectivity index (χ3n) is 2.49. The molecule has 0 bridgehead atoms. The van der Waals surface area contributed by atoms with Crippen LogP contribution in [0, 0.1) is 0 Å². The average molecular weight is 247 g/mol. The Labute approximate surface area is 106 Å². The second kappa shape index (κ2) is 5.59. The molecule has 0 aliphatic rings. The number of anilines is 1. The Balaban J connectivity index is 2.42. The van der Waals surface area contributed by atoms with Crippen molar-refractivity contribution in [2.45, 2.75) is 13.5 Å². The van der Waals surface area contributed by atoms with Gasteiger partial charge in [-0.15, -0.1) is 0 Å². The number of aryl methyl sites for hydroxylation is 1. The fourth-order valence-electron chi connectivity index (χ4n) is 1.72. The first kappa shape index (κ1) is 12.5. The van der Waals surface area contributed by atoms with Gasteiger partial charge >= 0.3 is 0 Å². The summed E-state index contributed by atoms with van der Waals surface area (Å²) in [6, 6.07) is 3.84. The number of rotatable bonds is 5. The molecule has 0 saturated carbocycles. The first-order valence-electron chi connectivity index (χ1n) is 5.83. The van der Waals surface area contributed by atoms with Crippen LogP contribution in [0.5, 0.6) is 0 Å². The van der Waals surface area contributed by atoms with Crippen molar-refractivity contribution in [1.82, 2.24) is 19.7 Å². The molecule has 1 N–H and O–H groups in total. The zero-order chi connectivity index (χ0) is 13.0. The molecule has 2 aromatic heterocycles. The van der Waals surface area contributed by atoms with Crippen molar-refractivity contribution < 1.29 is 4.74 Å². The second-order valence-electron chi connectivity index (χ2n) is 3.86. The van der Waals surface area contributed by atoms with Gasteiger partial charge in [-0.2, -0.15) is 5.10 Å². The van der Waals surface area contributed by atoms with Gasteiger partial charge in [0.15, 0.2) is 5.82 Å². The van der Waals surface area contributed by atoms with Crippen LogP contribution in [-0.4, -0.2) is 33.4 Å². The van der Waals surface area contributed by atoms with E-state index in [0.29, 0.717) is 12.4 Å². The van der Waals surface area contributed by atoms with Crippen LogP contribution in [0.2, 0.25) is 0 Å². The van der Waals surface area contributed by atoms with E-state index in [-0.39, 0.29) is 0 Å². The first-order valence-corrected chi connectivity index (χ1v) is 5.83. The van der Waals surface area contributed by atoms with E-state index in [1.54, 1.807) is 18.0 Å². The standard InChI is InChI=1S/C12H17N5O/c1-4-13-11-7-9(10-5-6-14-17(10)2)15-12(16-11)8-18-3/h5-7H,4,8H2,1-3H3,(H,13,15,16). The number of ether oxygens (including phenoxy) is 1. The van der Waals surface area contributed by atoms with Gasteiger partial charge in [0.2, 0.25) is 0 Å². The third-order valence-corrected chi connectivity index (χ3v) is 2.49. The molecule has 0 spiro atoms. The highest BCUT2D eigenvalue weighted by Gasteiger charge is 2.09. The number of aromatic nitrogens is 4. The predicted molar refractivity (Wildman–Crippen MR) is 69.1 cm³/mol. The van der Waals surface area contributed by atoms with Gasteiger partial charge in [0.1, 0.15) is 12.4 Å². The van der Waals surface area contributed by atoms with E-state index in [0.717, 1.165) is 23.8 Å².